The fourth-order valence-electron chi connectivity index (χ4n) is 2.58. The Morgan fingerprint density at radius 3 is 2.75 bits per heavy atom. The van der Waals surface area contributed by atoms with Gasteiger partial charge >= 0.3 is 0 Å². The highest BCUT2D eigenvalue weighted by Crippen LogP contribution is 2.39. The summed E-state index contributed by atoms with van der Waals surface area (Å²) in [5.41, 5.74) is 8.23. The summed E-state index contributed by atoms with van der Waals surface area (Å²) >= 11 is 0. The van der Waals surface area contributed by atoms with E-state index in [-0.39, 0.29) is 18.1 Å². The van der Waals surface area contributed by atoms with E-state index in [1.54, 1.807) is 25.1 Å². The standard InChI is InChI=1S/C19H17NO4/c1-11-4-3-5-13(8-11)9-16-18(22)14-6-7-15(23-10-17(20)21)12(2)19(14)24-16/h3-9H,10H2,1-2H3,(H2,20,21)/b16-9-. The fraction of sp³-hybridized carbons (Fsp3) is 0.158. The van der Waals surface area contributed by atoms with Gasteiger partial charge in [-0.3, -0.25) is 9.59 Å². The molecule has 24 heavy (non-hydrogen) atoms. The molecule has 0 atom stereocenters. The van der Waals surface area contributed by atoms with Crippen LogP contribution in [-0.2, 0) is 4.79 Å². The Kier molecular flexibility index (Phi) is 4.08. The average molecular weight is 323 g/mol. The molecule has 2 N–H and O–H groups in total. The van der Waals surface area contributed by atoms with E-state index in [0.29, 0.717) is 22.6 Å². The molecule has 0 aliphatic carbocycles. The third-order valence-electron chi connectivity index (χ3n) is 3.75. The second-order valence-corrected chi connectivity index (χ2v) is 5.67. The minimum absolute atomic E-state index is 0.170. The highest BCUT2D eigenvalue weighted by atomic mass is 16.5. The molecule has 0 unspecified atom stereocenters. The van der Waals surface area contributed by atoms with E-state index in [9.17, 15) is 9.59 Å². The summed E-state index contributed by atoms with van der Waals surface area (Å²) in [7, 11) is 0. The number of amides is 1. The second kappa shape index (κ2) is 6.20. The summed E-state index contributed by atoms with van der Waals surface area (Å²) < 4.78 is 11.1. The molecule has 1 amide bonds. The minimum Gasteiger partial charge on any atom is -0.483 e. The highest BCUT2D eigenvalue weighted by Gasteiger charge is 2.30. The normalized spacial score (nSPS) is 14.4. The second-order valence-electron chi connectivity index (χ2n) is 5.67. The van der Waals surface area contributed by atoms with E-state index in [4.69, 9.17) is 15.2 Å². The van der Waals surface area contributed by atoms with Gasteiger partial charge in [0.05, 0.1) is 5.56 Å². The largest absolute Gasteiger partial charge is 0.483 e. The molecule has 0 saturated carbocycles. The van der Waals surface area contributed by atoms with Crippen LogP contribution in [-0.4, -0.2) is 18.3 Å². The van der Waals surface area contributed by atoms with E-state index in [2.05, 4.69) is 0 Å². The van der Waals surface area contributed by atoms with Gasteiger partial charge in [-0.15, -0.1) is 0 Å². The van der Waals surface area contributed by atoms with E-state index in [1.807, 2.05) is 31.2 Å². The SMILES string of the molecule is Cc1cccc(/C=C2\Oc3c(ccc(OCC(N)=O)c3C)C2=O)c1. The van der Waals surface area contributed by atoms with E-state index < -0.39 is 5.91 Å². The van der Waals surface area contributed by atoms with Crippen molar-refractivity contribution in [3.05, 3.63) is 64.4 Å². The number of nitrogens with two attached hydrogens (primary N) is 1. The van der Waals surface area contributed by atoms with Crippen molar-refractivity contribution in [2.24, 2.45) is 5.73 Å². The summed E-state index contributed by atoms with van der Waals surface area (Å²) in [6.07, 6.45) is 1.72. The molecule has 0 radical (unpaired) electrons. The van der Waals surface area contributed by atoms with Gasteiger partial charge in [0, 0.05) is 5.56 Å². The van der Waals surface area contributed by atoms with Gasteiger partial charge in [0.1, 0.15) is 11.5 Å². The number of ether oxygens (including phenoxy) is 2. The molecule has 0 aromatic heterocycles. The molecule has 2 aromatic carbocycles. The molecule has 0 bridgehead atoms. The lowest BCUT2D eigenvalue weighted by Gasteiger charge is -2.09. The number of rotatable bonds is 4. The van der Waals surface area contributed by atoms with Crippen molar-refractivity contribution in [3.8, 4) is 11.5 Å². The van der Waals surface area contributed by atoms with Gasteiger partial charge in [-0.1, -0.05) is 29.8 Å². The quantitative estimate of drug-likeness (QED) is 0.878. The van der Waals surface area contributed by atoms with Gasteiger partial charge in [0.2, 0.25) is 5.78 Å². The van der Waals surface area contributed by atoms with Crippen LogP contribution < -0.4 is 15.2 Å². The lowest BCUT2D eigenvalue weighted by Crippen LogP contribution is -2.20. The maximum atomic E-state index is 12.5. The molecule has 0 fully saturated rings. The number of hydrogen-bond donors (Lipinski definition) is 1. The summed E-state index contributed by atoms with van der Waals surface area (Å²) in [4.78, 5) is 23.4. The van der Waals surface area contributed by atoms with Crippen LogP contribution in [0.25, 0.3) is 6.08 Å². The molecule has 2 aromatic rings. The van der Waals surface area contributed by atoms with E-state index in [0.717, 1.165) is 11.1 Å². The third-order valence-corrected chi connectivity index (χ3v) is 3.75. The summed E-state index contributed by atoms with van der Waals surface area (Å²) in [5, 5.41) is 0. The lowest BCUT2D eigenvalue weighted by molar-refractivity contribution is -0.119. The summed E-state index contributed by atoms with van der Waals surface area (Å²) in [6, 6.07) is 11.1. The van der Waals surface area contributed by atoms with Crippen molar-refractivity contribution < 1.29 is 19.1 Å². The number of allylic oxidation sites excluding steroid dienone is 1. The number of carbonyl (C=O) groups is 2. The molecular weight excluding hydrogens is 306 g/mol. The van der Waals surface area contributed by atoms with E-state index in [1.165, 1.54) is 0 Å². The number of aryl methyl sites for hydroxylation is 1. The first-order chi connectivity index (χ1) is 11.5. The summed E-state index contributed by atoms with van der Waals surface area (Å²) in [5.74, 6) is 0.465. The van der Waals surface area contributed by atoms with Crippen LogP contribution in [0.3, 0.4) is 0 Å². The molecule has 5 nitrogen and oxygen atoms in total. The first kappa shape index (κ1) is 15.8. The molecular formula is C19H17NO4. The van der Waals surface area contributed by atoms with Crippen molar-refractivity contribution in [1.82, 2.24) is 0 Å². The predicted octanol–water partition coefficient (Wildman–Crippen LogP) is 2.78. The van der Waals surface area contributed by atoms with Crippen LogP contribution in [0.2, 0.25) is 0 Å². The van der Waals surface area contributed by atoms with Crippen molar-refractivity contribution >= 4 is 17.8 Å². The van der Waals surface area contributed by atoms with Crippen LogP contribution in [0.15, 0.2) is 42.2 Å². The van der Waals surface area contributed by atoms with Gasteiger partial charge in [-0.25, -0.2) is 0 Å². The van der Waals surface area contributed by atoms with Crippen molar-refractivity contribution in [2.75, 3.05) is 6.61 Å². The average Bonchev–Trinajstić information content (AvgIpc) is 2.84. The Hall–Kier alpha value is -3.08. The number of hydrogen-bond acceptors (Lipinski definition) is 4. The van der Waals surface area contributed by atoms with Crippen molar-refractivity contribution in [2.45, 2.75) is 13.8 Å². The number of fused-ring (bicyclic) bond motifs is 1. The Morgan fingerprint density at radius 2 is 2.04 bits per heavy atom. The molecule has 5 heteroatoms. The van der Waals surface area contributed by atoms with Gasteiger partial charge < -0.3 is 15.2 Å². The fourth-order valence-corrected chi connectivity index (χ4v) is 2.58. The van der Waals surface area contributed by atoms with Crippen LogP contribution >= 0.6 is 0 Å². The number of Topliss-reactive ketones (excluding diaryl/α,β-unsaturated/α-hetero) is 1. The summed E-state index contributed by atoms with van der Waals surface area (Å²) in [6.45, 7) is 3.54. The maximum absolute atomic E-state index is 12.5. The molecule has 122 valence electrons. The Morgan fingerprint density at radius 1 is 1.25 bits per heavy atom. The van der Waals surface area contributed by atoms with Gasteiger partial charge in [-0.2, -0.15) is 0 Å². The van der Waals surface area contributed by atoms with Gasteiger partial charge in [-0.05, 0) is 37.6 Å². The predicted molar refractivity (Wildman–Crippen MR) is 90.0 cm³/mol. The first-order valence-electron chi connectivity index (χ1n) is 7.51. The Labute approximate surface area is 139 Å². The number of primary amides is 1. The molecule has 0 spiro atoms. The highest BCUT2D eigenvalue weighted by molar-refractivity contribution is 6.15. The van der Waals surface area contributed by atoms with Crippen molar-refractivity contribution in [3.63, 3.8) is 0 Å². The molecule has 1 heterocycles. The molecule has 1 aliphatic heterocycles. The zero-order valence-electron chi connectivity index (χ0n) is 13.5. The third kappa shape index (κ3) is 3.01. The lowest BCUT2D eigenvalue weighted by atomic mass is 10.1. The number of benzene rings is 2. The van der Waals surface area contributed by atoms with E-state index >= 15 is 0 Å². The van der Waals surface area contributed by atoms with Crippen LogP contribution in [0.1, 0.15) is 27.0 Å². The van der Waals surface area contributed by atoms with Crippen LogP contribution in [0.5, 0.6) is 11.5 Å². The molecule has 3 rings (SSSR count). The zero-order chi connectivity index (χ0) is 17.3. The minimum atomic E-state index is -0.563. The zero-order valence-corrected chi connectivity index (χ0v) is 13.5. The molecule has 0 saturated heterocycles. The Bertz CT molecular complexity index is 868. The van der Waals surface area contributed by atoms with Crippen LogP contribution in [0.4, 0.5) is 0 Å². The smallest absolute Gasteiger partial charge is 0.255 e. The van der Waals surface area contributed by atoms with Gasteiger partial charge in [0.25, 0.3) is 5.91 Å². The van der Waals surface area contributed by atoms with Crippen molar-refractivity contribution in [1.29, 1.82) is 0 Å². The van der Waals surface area contributed by atoms with Gasteiger partial charge in [0.15, 0.2) is 12.4 Å². The number of carbonyl (C=O) groups excluding carboxylic acids is 2. The monoisotopic (exact) mass is 323 g/mol. The molecule has 1 aliphatic rings. The van der Waals surface area contributed by atoms with Crippen LogP contribution in [0, 0.1) is 13.8 Å². The topological polar surface area (TPSA) is 78.6 Å². The maximum Gasteiger partial charge on any atom is 0.255 e. The first-order valence-corrected chi connectivity index (χ1v) is 7.51. The Balaban J connectivity index is 1.92. The number of ketones is 1.